The van der Waals surface area contributed by atoms with Gasteiger partial charge in [0.2, 0.25) is 0 Å². The van der Waals surface area contributed by atoms with Crippen LogP contribution in [0.1, 0.15) is 0 Å². The molecular weight excluding hydrogens is 156 g/mol. The highest BCUT2D eigenvalue weighted by Crippen LogP contribution is 2.11. The zero-order chi connectivity index (χ0) is 9.35. The van der Waals surface area contributed by atoms with Crippen LogP contribution in [0.4, 0.5) is 0 Å². The molecule has 1 aliphatic heterocycles. The maximum Gasteiger partial charge on any atom is 0.197 e. The number of nitrogens with zero attached hydrogens (tertiary/aromatic N) is 2. The smallest absolute Gasteiger partial charge is 0.197 e. The van der Waals surface area contributed by atoms with Crippen molar-refractivity contribution in [1.82, 2.24) is 10.2 Å². The second-order valence-corrected chi connectivity index (χ2v) is 2.90. The molecule has 0 aliphatic carbocycles. The molecule has 0 aromatic carbocycles. The topological polar surface area (TPSA) is 106 Å². The fraction of sp³-hybridized carbons (Fsp3) is 0.500. The van der Waals surface area contributed by atoms with E-state index in [-0.39, 0.29) is 5.96 Å². The lowest BCUT2D eigenvalue weighted by molar-refractivity contribution is 0.220. The Morgan fingerprint density at radius 1 is 1.50 bits per heavy atom. The van der Waals surface area contributed by atoms with Crippen LogP contribution in [0.25, 0.3) is 0 Å². The van der Waals surface area contributed by atoms with Gasteiger partial charge >= 0.3 is 0 Å². The summed E-state index contributed by atoms with van der Waals surface area (Å²) < 4.78 is 0. The van der Waals surface area contributed by atoms with Crippen molar-refractivity contribution in [3.05, 3.63) is 11.9 Å². The molecule has 0 fully saturated rings. The van der Waals surface area contributed by atoms with Crippen LogP contribution in [0.2, 0.25) is 0 Å². The molecule has 1 aliphatic rings. The van der Waals surface area contributed by atoms with Gasteiger partial charge in [0.1, 0.15) is 5.82 Å². The zero-order valence-electron chi connectivity index (χ0n) is 7.20. The number of aliphatic imine (C=N–C) groups is 1. The first-order valence-electron chi connectivity index (χ1n) is 3.51. The Bertz CT molecular complexity index is 222. The van der Waals surface area contributed by atoms with Crippen LogP contribution < -0.4 is 22.5 Å². The Balaban J connectivity index is 2.97. The summed E-state index contributed by atoms with van der Waals surface area (Å²) >= 11 is 0. The summed E-state index contributed by atoms with van der Waals surface area (Å²) in [4.78, 5) is 5.71. The van der Waals surface area contributed by atoms with Crippen LogP contribution >= 0.6 is 0 Å². The summed E-state index contributed by atoms with van der Waals surface area (Å²) in [6.07, 6.45) is 1.60. The van der Waals surface area contributed by atoms with E-state index >= 15 is 0 Å². The molecule has 6 nitrogen and oxygen atoms in total. The fourth-order valence-electron chi connectivity index (χ4n) is 0.895. The van der Waals surface area contributed by atoms with Crippen molar-refractivity contribution in [3.63, 3.8) is 0 Å². The molecule has 1 rings (SSSR count). The predicted octanol–water partition coefficient (Wildman–Crippen LogP) is -2.12. The second-order valence-electron chi connectivity index (χ2n) is 2.90. The first kappa shape index (κ1) is 8.82. The largest absolute Gasteiger partial charge is 0.385 e. The summed E-state index contributed by atoms with van der Waals surface area (Å²) in [6, 6.07) is 0. The van der Waals surface area contributed by atoms with E-state index in [1.54, 1.807) is 25.1 Å². The number of nitrogens with two attached hydrogens (primary N) is 3. The van der Waals surface area contributed by atoms with Crippen molar-refractivity contribution in [2.24, 2.45) is 22.2 Å². The molecule has 6 heteroatoms. The maximum atomic E-state index is 5.84. The normalized spacial score (nSPS) is 29.3. The molecule has 0 amide bonds. The second kappa shape index (κ2) is 2.65. The van der Waals surface area contributed by atoms with Crippen LogP contribution in [-0.2, 0) is 0 Å². The van der Waals surface area contributed by atoms with Crippen LogP contribution in [-0.4, -0.2) is 30.7 Å². The minimum absolute atomic E-state index is 0.228. The first-order valence-corrected chi connectivity index (χ1v) is 3.51. The Morgan fingerprint density at radius 3 is 2.50 bits per heavy atom. The third-order valence-electron chi connectivity index (χ3n) is 1.66. The number of likely N-dealkylation sites (N-methyl/N-ethyl adjacent to an activating group) is 1. The van der Waals surface area contributed by atoms with Gasteiger partial charge in [-0.1, -0.05) is 0 Å². The van der Waals surface area contributed by atoms with Crippen molar-refractivity contribution in [1.29, 1.82) is 0 Å². The van der Waals surface area contributed by atoms with Gasteiger partial charge in [0, 0.05) is 6.08 Å². The van der Waals surface area contributed by atoms with E-state index in [1.165, 1.54) is 0 Å². The van der Waals surface area contributed by atoms with Crippen molar-refractivity contribution in [3.8, 4) is 0 Å². The van der Waals surface area contributed by atoms with E-state index in [0.717, 1.165) is 0 Å². The van der Waals surface area contributed by atoms with E-state index in [1.807, 2.05) is 0 Å². The lowest BCUT2D eigenvalue weighted by Gasteiger charge is -2.32. The third-order valence-corrected chi connectivity index (χ3v) is 1.66. The van der Waals surface area contributed by atoms with Gasteiger partial charge in [-0.05, 0) is 14.1 Å². The molecule has 0 spiro atoms. The van der Waals surface area contributed by atoms with Gasteiger partial charge in [-0.15, -0.1) is 0 Å². The lowest BCUT2D eigenvalue weighted by atomic mass is 10.3. The average molecular weight is 170 g/mol. The molecule has 7 N–H and O–H groups in total. The predicted molar refractivity (Wildman–Crippen MR) is 47.6 cm³/mol. The first-order chi connectivity index (χ1) is 5.44. The average Bonchev–Trinajstić information content (AvgIpc) is 1.82. The summed E-state index contributed by atoms with van der Waals surface area (Å²) in [5, 5.41) is 2.65. The monoisotopic (exact) mass is 170 g/mol. The number of guanidine groups is 1. The van der Waals surface area contributed by atoms with Crippen molar-refractivity contribution in [2.75, 3.05) is 14.1 Å². The molecule has 0 aromatic rings. The van der Waals surface area contributed by atoms with E-state index in [2.05, 4.69) is 10.3 Å². The molecule has 12 heavy (non-hydrogen) atoms. The maximum absolute atomic E-state index is 5.84. The van der Waals surface area contributed by atoms with Gasteiger partial charge < -0.3 is 16.8 Å². The summed E-state index contributed by atoms with van der Waals surface area (Å²) in [7, 11) is 3.60. The van der Waals surface area contributed by atoms with Crippen LogP contribution in [0.5, 0.6) is 0 Å². The highest BCUT2D eigenvalue weighted by atomic mass is 15.4. The molecule has 0 radical (unpaired) electrons. The molecule has 1 atom stereocenters. The number of hydrogen-bond donors (Lipinski definition) is 4. The van der Waals surface area contributed by atoms with E-state index < -0.39 is 5.79 Å². The van der Waals surface area contributed by atoms with Crippen molar-refractivity contribution < 1.29 is 0 Å². The minimum Gasteiger partial charge on any atom is -0.385 e. The van der Waals surface area contributed by atoms with Crippen molar-refractivity contribution in [2.45, 2.75) is 5.79 Å². The Morgan fingerprint density at radius 2 is 2.08 bits per heavy atom. The molecule has 0 aromatic heterocycles. The summed E-state index contributed by atoms with van der Waals surface area (Å²) in [6.45, 7) is 0. The van der Waals surface area contributed by atoms with Crippen LogP contribution in [0, 0.1) is 0 Å². The minimum atomic E-state index is -0.931. The molecule has 0 saturated carbocycles. The van der Waals surface area contributed by atoms with E-state index in [4.69, 9.17) is 17.2 Å². The van der Waals surface area contributed by atoms with Gasteiger partial charge in [-0.2, -0.15) is 0 Å². The standard InChI is InChI=1S/C6H14N6/c1-12(2)6(9)3-4(7)10-5(8)11-6/h3H,7,9H2,1-2H3,(H3,8,10,11). The fourth-order valence-corrected chi connectivity index (χ4v) is 0.895. The highest BCUT2D eigenvalue weighted by molar-refractivity contribution is 5.81. The summed E-state index contributed by atoms with van der Waals surface area (Å²) in [5.41, 5.74) is 16.8. The van der Waals surface area contributed by atoms with Crippen LogP contribution in [0.15, 0.2) is 16.9 Å². The van der Waals surface area contributed by atoms with Gasteiger partial charge in [0.25, 0.3) is 0 Å². The van der Waals surface area contributed by atoms with Crippen molar-refractivity contribution >= 4 is 5.96 Å². The van der Waals surface area contributed by atoms with Gasteiger partial charge in [-0.3, -0.25) is 10.6 Å². The van der Waals surface area contributed by atoms with Crippen LogP contribution in [0.3, 0.4) is 0 Å². The molecule has 68 valence electrons. The van der Waals surface area contributed by atoms with Gasteiger partial charge in [0.05, 0.1) is 0 Å². The lowest BCUT2D eigenvalue weighted by Crippen LogP contribution is -2.55. The molecule has 1 heterocycles. The molecule has 1 unspecified atom stereocenters. The van der Waals surface area contributed by atoms with E-state index in [9.17, 15) is 0 Å². The number of nitrogens with one attached hydrogen (secondary N) is 1. The Kier molecular flexibility index (Phi) is 1.95. The Hall–Kier alpha value is -1.27. The van der Waals surface area contributed by atoms with E-state index in [0.29, 0.717) is 5.82 Å². The van der Waals surface area contributed by atoms with Gasteiger partial charge in [-0.25, -0.2) is 4.99 Å². The highest BCUT2D eigenvalue weighted by Gasteiger charge is 2.27. The third kappa shape index (κ3) is 1.49. The summed E-state index contributed by atoms with van der Waals surface area (Å²) in [5.74, 6) is -0.288. The SMILES string of the molecule is CN(C)C1(N)C=C(N)NC(N)=N1. The zero-order valence-corrected chi connectivity index (χ0v) is 7.20. The number of rotatable bonds is 1. The van der Waals surface area contributed by atoms with Gasteiger partial charge in [0.15, 0.2) is 11.7 Å². The molecule has 0 saturated heterocycles. The molecule has 0 bridgehead atoms. The quantitative estimate of drug-likeness (QED) is 0.337. The Labute approximate surface area is 71.1 Å². The number of hydrogen-bond acceptors (Lipinski definition) is 6. The molecular formula is C6H14N6.